The van der Waals surface area contributed by atoms with Gasteiger partial charge in [0, 0.05) is 24.2 Å². The summed E-state index contributed by atoms with van der Waals surface area (Å²) >= 11 is 0. The molecule has 0 saturated heterocycles. The summed E-state index contributed by atoms with van der Waals surface area (Å²) in [6.07, 6.45) is 3.30. The van der Waals surface area contributed by atoms with Gasteiger partial charge in [0.25, 0.3) is 5.95 Å². The molecule has 0 bridgehead atoms. The molecule has 3 heterocycles. The molecule has 0 aliphatic carbocycles. The molecule has 3 rings (SSSR count). The molecular formula is C10H10N8O. The molecule has 0 atom stereocenters. The van der Waals surface area contributed by atoms with Crippen molar-refractivity contribution < 1.29 is 4.74 Å². The molecule has 0 fully saturated rings. The minimum Gasteiger partial charge on any atom is -0.403 e. The fraction of sp³-hybridized carbons (Fsp3) is 0.100. The number of nitrogens with two attached hydrogens (primary N) is 1. The Bertz CT molecular complexity index is 689. The smallest absolute Gasteiger partial charge is 0.330 e. The quantitative estimate of drug-likeness (QED) is 0.700. The van der Waals surface area contributed by atoms with Gasteiger partial charge in [-0.25, -0.2) is 4.68 Å². The number of ether oxygens (including phenoxy) is 1. The van der Waals surface area contributed by atoms with E-state index in [0.29, 0.717) is 5.88 Å². The third kappa shape index (κ3) is 2.34. The summed E-state index contributed by atoms with van der Waals surface area (Å²) in [6, 6.07) is 3.52. The van der Waals surface area contributed by atoms with Crippen molar-refractivity contribution in [3.63, 3.8) is 0 Å². The first kappa shape index (κ1) is 11.1. The number of aromatic nitrogens is 7. The molecule has 0 radical (unpaired) electrons. The highest BCUT2D eigenvalue weighted by Gasteiger charge is 2.09. The van der Waals surface area contributed by atoms with Gasteiger partial charge in [-0.3, -0.25) is 5.10 Å². The maximum atomic E-state index is 5.61. The number of hydrogen-bond donors (Lipinski definition) is 2. The Balaban J connectivity index is 1.94. The topological polar surface area (TPSA) is 120 Å². The Morgan fingerprint density at radius 1 is 1.32 bits per heavy atom. The fourth-order valence-corrected chi connectivity index (χ4v) is 1.44. The van der Waals surface area contributed by atoms with Crippen LogP contribution < -0.4 is 10.5 Å². The Hall–Kier alpha value is -2.97. The second-order valence-electron chi connectivity index (χ2n) is 3.72. The van der Waals surface area contributed by atoms with Crippen molar-refractivity contribution >= 4 is 5.95 Å². The van der Waals surface area contributed by atoms with E-state index in [0.717, 1.165) is 5.69 Å². The summed E-state index contributed by atoms with van der Waals surface area (Å²) < 4.78 is 6.85. The van der Waals surface area contributed by atoms with E-state index in [2.05, 4.69) is 30.2 Å². The molecular weight excluding hydrogens is 248 g/mol. The molecule has 0 aliphatic heterocycles. The zero-order chi connectivity index (χ0) is 13.2. The molecule has 3 aromatic rings. The summed E-state index contributed by atoms with van der Waals surface area (Å²) in [7, 11) is 0. The number of aromatic amines is 1. The summed E-state index contributed by atoms with van der Waals surface area (Å²) in [5.74, 6) is 0.678. The monoisotopic (exact) mass is 258 g/mol. The van der Waals surface area contributed by atoms with Crippen LogP contribution in [0, 0.1) is 6.92 Å². The molecule has 0 aliphatic rings. The van der Waals surface area contributed by atoms with Gasteiger partial charge in [0.2, 0.25) is 11.8 Å². The van der Waals surface area contributed by atoms with Gasteiger partial charge in [-0.15, -0.1) is 5.10 Å². The summed E-state index contributed by atoms with van der Waals surface area (Å²) in [5, 5.41) is 10.7. The second kappa shape index (κ2) is 4.37. The predicted octanol–water partition coefficient (Wildman–Crippen LogP) is 0.463. The number of rotatable bonds is 3. The lowest BCUT2D eigenvalue weighted by atomic mass is 10.5. The number of nitrogens with one attached hydrogen (secondary N) is 1. The normalized spacial score (nSPS) is 10.6. The van der Waals surface area contributed by atoms with Gasteiger partial charge >= 0.3 is 6.01 Å². The molecule has 96 valence electrons. The van der Waals surface area contributed by atoms with E-state index >= 15 is 0 Å². The predicted molar refractivity (Wildman–Crippen MR) is 64.8 cm³/mol. The van der Waals surface area contributed by atoms with E-state index in [9.17, 15) is 0 Å². The average Bonchev–Trinajstić information content (AvgIpc) is 3.00. The number of hydrogen-bond acceptors (Lipinski definition) is 7. The molecule has 0 amide bonds. The summed E-state index contributed by atoms with van der Waals surface area (Å²) in [6.45, 7) is 1.86. The van der Waals surface area contributed by atoms with E-state index in [-0.39, 0.29) is 17.9 Å². The van der Waals surface area contributed by atoms with E-state index in [4.69, 9.17) is 10.5 Å². The van der Waals surface area contributed by atoms with Crippen LogP contribution >= 0.6 is 0 Å². The van der Waals surface area contributed by atoms with E-state index in [1.54, 1.807) is 24.5 Å². The maximum absolute atomic E-state index is 5.61. The van der Waals surface area contributed by atoms with Crippen LogP contribution in [0.4, 0.5) is 5.95 Å². The van der Waals surface area contributed by atoms with E-state index < -0.39 is 0 Å². The van der Waals surface area contributed by atoms with Gasteiger partial charge < -0.3 is 10.5 Å². The SMILES string of the molecule is Cc1cc(Oc2nc(N)nc(-n3cccn3)n2)n[nH]1. The largest absolute Gasteiger partial charge is 0.403 e. The third-order valence-corrected chi connectivity index (χ3v) is 2.21. The highest BCUT2D eigenvalue weighted by Crippen LogP contribution is 2.16. The molecule has 9 heteroatoms. The lowest BCUT2D eigenvalue weighted by Gasteiger charge is -2.03. The summed E-state index contributed by atoms with van der Waals surface area (Å²) in [5.41, 5.74) is 6.48. The highest BCUT2D eigenvalue weighted by atomic mass is 16.5. The molecule has 0 unspecified atom stereocenters. The Morgan fingerprint density at radius 2 is 2.21 bits per heavy atom. The minimum atomic E-state index is 0.0442. The lowest BCUT2D eigenvalue weighted by molar-refractivity contribution is 0.421. The Kier molecular flexibility index (Phi) is 2.56. The zero-order valence-electron chi connectivity index (χ0n) is 9.98. The first-order valence-corrected chi connectivity index (χ1v) is 5.42. The summed E-state index contributed by atoms with van der Waals surface area (Å²) in [4.78, 5) is 12.0. The standard InChI is InChI=1S/C10H10N8O/c1-6-5-7(17-16-6)19-10-14-8(11)13-9(15-10)18-4-2-3-12-18/h2-5H,1H3,(H,16,17)(H2,11,13,14,15). The van der Waals surface area contributed by atoms with Crippen LogP contribution in [0.3, 0.4) is 0 Å². The van der Waals surface area contributed by atoms with Crippen LogP contribution in [0.2, 0.25) is 0 Å². The molecule has 3 aromatic heterocycles. The van der Waals surface area contributed by atoms with Gasteiger partial charge in [-0.1, -0.05) is 0 Å². The number of nitrogens with zero attached hydrogens (tertiary/aromatic N) is 6. The van der Waals surface area contributed by atoms with Crippen molar-refractivity contribution in [2.45, 2.75) is 6.92 Å². The molecule has 3 N–H and O–H groups in total. The Morgan fingerprint density at radius 3 is 2.89 bits per heavy atom. The first-order valence-electron chi connectivity index (χ1n) is 5.42. The van der Waals surface area contributed by atoms with Crippen LogP contribution in [0.1, 0.15) is 5.69 Å². The van der Waals surface area contributed by atoms with Crippen molar-refractivity contribution in [1.29, 1.82) is 0 Å². The van der Waals surface area contributed by atoms with Gasteiger partial charge in [-0.2, -0.15) is 20.1 Å². The number of H-pyrrole nitrogens is 1. The van der Waals surface area contributed by atoms with Crippen molar-refractivity contribution in [3.05, 3.63) is 30.2 Å². The lowest BCUT2D eigenvalue weighted by Crippen LogP contribution is -2.07. The second-order valence-corrected chi connectivity index (χ2v) is 3.72. The van der Waals surface area contributed by atoms with Crippen LogP contribution in [-0.4, -0.2) is 34.9 Å². The number of nitrogen functional groups attached to an aromatic ring is 1. The van der Waals surface area contributed by atoms with E-state index in [1.165, 1.54) is 4.68 Å². The zero-order valence-corrected chi connectivity index (χ0v) is 9.98. The van der Waals surface area contributed by atoms with Crippen LogP contribution in [0.5, 0.6) is 11.9 Å². The van der Waals surface area contributed by atoms with Crippen LogP contribution in [0.15, 0.2) is 24.5 Å². The highest BCUT2D eigenvalue weighted by molar-refractivity contribution is 5.26. The minimum absolute atomic E-state index is 0.0442. The van der Waals surface area contributed by atoms with Crippen LogP contribution in [-0.2, 0) is 0 Å². The molecule has 0 spiro atoms. The van der Waals surface area contributed by atoms with Crippen molar-refractivity contribution in [2.75, 3.05) is 5.73 Å². The first-order chi connectivity index (χ1) is 9.20. The van der Waals surface area contributed by atoms with Crippen LogP contribution in [0.25, 0.3) is 5.95 Å². The van der Waals surface area contributed by atoms with Crippen molar-refractivity contribution in [3.8, 4) is 17.8 Å². The van der Waals surface area contributed by atoms with Gasteiger partial charge in [0.05, 0.1) is 0 Å². The van der Waals surface area contributed by atoms with Gasteiger partial charge in [0.15, 0.2) is 0 Å². The van der Waals surface area contributed by atoms with Crippen molar-refractivity contribution in [2.24, 2.45) is 0 Å². The number of anilines is 1. The van der Waals surface area contributed by atoms with E-state index in [1.807, 2.05) is 6.92 Å². The molecule has 19 heavy (non-hydrogen) atoms. The van der Waals surface area contributed by atoms with Crippen molar-refractivity contribution in [1.82, 2.24) is 34.9 Å². The third-order valence-electron chi connectivity index (χ3n) is 2.21. The maximum Gasteiger partial charge on any atom is 0.330 e. The average molecular weight is 258 g/mol. The van der Waals surface area contributed by atoms with Gasteiger partial charge in [0.1, 0.15) is 0 Å². The molecule has 0 saturated carbocycles. The number of aryl methyl sites for hydroxylation is 1. The van der Waals surface area contributed by atoms with Gasteiger partial charge in [-0.05, 0) is 13.0 Å². The fourth-order valence-electron chi connectivity index (χ4n) is 1.44. The molecule has 9 nitrogen and oxygen atoms in total. The molecule has 0 aromatic carbocycles. The Labute approximate surface area is 107 Å².